The highest BCUT2D eigenvalue weighted by Gasteiger charge is 2.21. The molecule has 2 N–H and O–H groups in total. The van der Waals surface area contributed by atoms with Crippen LogP contribution in [0.3, 0.4) is 0 Å². The van der Waals surface area contributed by atoms with Crippen molar-refractivity contribution >= 4 is 38.9 Å². The fourth-order valence-corrected chi connectivity index (χ4v) is 3.92. The fraction of sp³-hybridized carbons (Fsp3) is 0.0500. The number of carbonyl (C=O) groups is 1. The molecule has 0 fully saturated rings. The highest BCUT2D eigenvalue weighted by Crippen LogP contribution is 2.27. The van der Waals surface area contributed by atoms with Crippen LogP contribution in [0.4, 0.5) is 11.4 Å². The fourth-order valence-electron chi connectivity index (χ4n) is 2.54. The zero-order valence-electron chi connectivity index (χ0n) is 14.8. The van der Waals surface area contributed by atoms with Gasteiger partial charge in [0.2, 0.25) is 0 Å². The number of hydrogen-bond acceptors (Lipinski definition) is 4. The Morgan fingerprint density at radius 2 is 1.57 bits per heavy atom. The molecule has 0 atom stereocenters. The molecule has 144 valence electrons. The first-order valence-corrected chi connectivity index (χ1v) is 10.1. The van der Waals surface area contributed by atoms with E-state index in [9.17, 15) is 13.2 Å². The van der Waals surface area contributed by atoms with Crippen molar-refractivity contribution in [3.8, 4) is 5.75 Å². The van der Waals surface area contributed by atoms with Crippen LogP contribution in [0.25, 0.3) is 0 Å². The molecule has 8 heteroatoms. The van der Waals surface area contributed by atoms with E-state index >= 15 is 0 Å². The Morgan fingerprint density at radius 3 is 2.29 bits per heavy atom. The number of rotatable bonds is 6. The number of hydrogen-bond donors (Lipinski definition) is 2. The molecule has 3 aromatic rings. The van der Waals surface area contributed by atoms with Gasteiger partial charge in [0.1, 0.15) is 10.6 Å². The van der Waals surface area contributed by atoms with Crippen LogP contribution in [0.2, 0.25) is 5.02 Å². The van der Waals surface area contributed by atoms with E-state index < -0.39 is 15.9 Å². The summed E-state index contributed by atoms with van der Waals surface area (Å²) in [5.41, 5.74) is 0.868. The van der Waals surface area contributed by atoms with E-state index in [0.29, 0.717) is 10.7 Å². The molecule has 3 aromatic carbocycles. The first-order chi connectivity index (χ1) is 13.4. The summed E-state index contributed by atoms with van der Waals surface area (Å²) in [7, 11) is -2.57. The van der Waals surface area contributed by atoms with Crippen LogP contribution in [0, 0.1) is 0 Å². The Balaban J connectivity index is 1.89. The van der Waals surface area contributed by atoms with Gasteiger partial charge in [-0.1, -0.05) is 35.9 Å². The van der Waals surface area contributed by atoms with E-state index in [1.165, 1.54) is 25.3 Å². The molecule has 3 rings (SSSR count). The molecule has 0 aliphatic heterocycles. The van der Waals surface area contributed by atoms with Crippen LogP contribution in [-0.2, 0) is 10.0 Å². The van der Waals surface area contributed by atoms with Crippen molar-refractivity contribution in [3.63, 3.8) is 0 Å². The summed E-state index contributed by atoms with van der Waals surface area (Å²) < 4.78 is 33.2. The number of amides is 1. The molecule has 0 saturated heterocycles. The lowest BCUT2D eigenvalue weighted by atomic mass is 10.1. The summed E-state index contributed by atoms with van der Waals surface area (Å²) in [6, 6.07) is 19.2. The van der Waals surface area contributed by atoms with E-state index in [2.05, 4.69) is 10.0 Å². The first-order valence-electron chi connectivity index (χ1n) is 8.22. The van der Waals surface area contributed by atoms with Crippen LogP contribution in [0.15, 0.2) is 77.7 Å². The summed E-state index contributed by atoms with van der Waals surface area (Å²) in [6.45, 7) is 0. The van der Waals surface area contributed by atoms with Gasteiger partial charge < -0.3 is 10.1 Å². The van der Waals surface area contributed by atoms with Crippen molar-refractivity contribution in [2.45, 2.75) is 4.90 Å². The first kappa shape index (κ1) is 19.7. The van der Waals surface area contributed by atoms with Crippen molar-refractivity contribution in [1.82, 2.24) is 0 Å². The number of sulfonamides is 1. The van der Waals surface area contributed by atoms with Crippen molar-refractivity contribution in [1.29, 1.82) is 0 Å². The number of anilines is 2. The SMILES string of the molecule is COc1ccccc1S(=O)(=O)Nc1ccccc1C(=O)Nc1ccc(Cl)cc1. The van der Waals surface area contributed by atoms with Gasteiger partial charge in [-0.2, -0.15) is 0 Å². The number of carbonyl (C=O) groups excluding carboxylic acids is 1. The number of methoxy groups -OCH3 is 1. The zero-order chi connectivity index (χ0) is 20.1. The number of benzene rings is 3. The molecule has 1 amide bonds. The van der Waals surface area contributed by atoms with Crippen LogP contribution in [-0.4, -0.2) is 21.4 Å². The second-order valence-corrected chi connectivity index (χ2v) is 7.85. The Bertz CT molecular complexity index is 1100. The van der Waals surface area contributed by atoms with Gasteiger partial charge in [-0.15, -0.1) is 0 Å². The third kappa shape index (κ3) is 4.44. The third-order valence-electron chi connectivity index (χ3n) is 3.88. The van der Waals surface area contributed by atoms with E-state index in [1.807, 2.05) is 0 Å². The van der Waals surface area contributed by atoms with Crippen molar-refractivity contribution in [2.75, 3.05) is 17.1 Å². The minimum absolute atomic E-state index is 0.0228. The molecular weight excluding hydrogens is 400 g/mol. The number of ether oxygens (including phenoxy) is 1. The van der Waals surface area contributed by atoms with Crippen LogP contribution >= 0.6 is 11.6 Å². The van der Waals surface area contributed by atoms with E-state index in [0.717, 1.165) is 0 Å². The maximum atomic E-state index is 12.8. The number of halogens is 1. The highest BCUT2D eigenvalue weighted by molar-refractivity contribution is 7.92. The molecule has 0 radical (unpaired) electrons. The minimum atomic E-state index is -3.96. The predicted molar refractivity (Wildman–Crippen MR) is 110 cm³/mol. The summed E-state index contributed by atoms with van der Waals surface area (Å²) in [4.78, 5) is 12.6. The van der Waals surface area contributed by atoms with Gasteiger partial charge in [-0.05, 0) is 48.5 Å². The van der Waals surface area contributed by atoms with Crippen molar-refractivity contribution in [2.24, 2.45) is 0 Å². The second kappa shape index (κ2) is 8.33. The highest BCUT2D eigenvalue weighted by atomic mass is 35.5. The molecule has 6 nitrogen and oxygen atoms in total. The minimum Gasteiger partial charge on any atom is -0.495 e. The smallest absolute Gasteiger partial charge is 0.265 e. The van der Waals surface area contributed by atoms with Gasteiger partial charge >= 0.3 is 0 Å². The topological polar surface area (TPSA) is 84.5 Å². The molecular formula is C20H17ClN2O4S. The van der Waals surface area contributed by atoms with E-state index in [1.54, 1.807) is 54.6 Å². The van der Waals surface area contributed by atoms with Gasteiger partial charge in [-0.3, -0.25) is 9.52 Å². The standard InChI is InChI=1S/C20H17ClN2O4S/c1-27-18-8-4-5-9-19(18)28(25,26)23-17-7-3-2-6-16(17)20(24)22-15-12-10-14(21)11-13-15/h2-13,23H,1H3,(H,22,24). The monoisotopic (exact) mass is 416 g/mol. The van der Waals surface area contributed by atoms with Gasteiger partial charge in [-0.25, -0.2) is 8.42 Å². The molecule has 0 unspecified atom stereocenters. The van der Waals surface area contributed by atoms with E-state index in [4.69, 9.17) is 16.3 Å². The quantitative estimate of drug-likeness (QED) is 0.623. The van der Waals surface area contributed by atoms with Gasteiger partial charge in [0.05, 0.1) is 18.4 Å². The Morgan fingerprint density at radius 1 is 0.929 bits per heavy atom. The average Bonchev–Trinajstić information content (AvgIpc) is 2.69. The lowest BCUT2D eigenvalue weighted by molar-refractivity contribution is 0.102. The summed E-state index contributed by atoms with van der Waals surface area (Å²) in [6.07, 6.45) is 0. The predicted octanol–water partition coefficient (Wildman–Crippen LogP) is 4.40. The molecule has 0 aromatic heterocycles. The second-order valence-electron chi connectivity index (χ2n) is 5.76. The maximum absolute atomic E-state index is 12.8. The molecule has 0 spiro atoms. The Kier molecular flexibility index (Phi) is 5.87. The molecule has 0 aliphatic rings. The third-order valence-corrected chi connectivity index (χ3v) is 5.53. The van der Waals surface area contributed by atoms with Crippen LogP contribution in [0.1, 0.15) is 10.4 Å². The largest absolute Gasteiger partial charge is 0.495 e. The number of nitrogens with one attached hydrogen (secondary N) is 2. The summed E-state index contributed by atoms with van der Waals surface area (Å²) in [5.74, 6) is -0.251. The Hall–Kier alpha value is -3.03. The van der Waals surface area contributed by atoms with Crippen LogP contribution in [0.5, 0.6) is 5.75 Å². The Labute approximate surface area is 168 Å². The van der Waals surface area contributed by atoms with Crippen molar-refractivity contribution in [3.05, 3.63) is 83.4 Å². The summed E-state index contributed by atoms with van der Waals surface area (Å²) in [5, 5.41) is 3.26. The molecule has 0 saturated carbocycles. The average molecular weight is 417 g/mol. The number of para-hydroxylation sites is 2. The lowest BCUT2D eigenvalue weighted by Gasteiger charge is -2.14. The molecule has 28 heavy (non-hydrogen) atoms. The van der Waals surface area contributed by atoms with Gasteiger partial charge in [0.25, 0.3) is 15.9 Å². The van der Waals surface area contributed by atoms with Gasteiger partial charge in [0, 0.05) is 10.7 Å². The van der Waals surface area contributed by atoms with Crippen molar-refractivity contribution < 1.29 is 17.9 Å². The molecule has 0 aliphatic carbocycles. The van der Waals surface area contributed by atoms with Crippen LogP contribution < -0.4 is 14.8 Å². The zero-order valence-corrected chi connectivity index (χ0v) is 16.4. The summed E-state index contributed by atoms with van der Waals surface area (Å²) >= 11 is 5.85. The molecule has 0 heterocycles. The normalized spacial score (nSPS) is 10.9. The van der Waals surface area contributed by atoms with E-state index in [-0.39, 0.29) is 21.9 Å². The lowest BCUT2D eigenvalue weighted by Crippen LogP contribution is -2.19. The van der Waals surface area contributed by atoms with Gasteiger partial charge in [0.15, 0.2) is 0 Å². The maximum Gasteiger partial charge on any atom is 0.265 e. The molecule has 0 bridgehead atoms.